The van der Waals surface area contributed by atoms with Crippen LogP contribution < -0.4 is 0 Å². The molecule has 0 heterocycles. The van der Waals surface area contributed by atoms with Crippen LogP contribution in [0.2, 0.25) is 0 Å². The molecule has 0 spiro atoms. The Kier molecular flexibility index (Phi) is 6.57. The smallest absolute Gasteiger partial charge is 0.339 e. The fourth-order valence-corrected chi connectivity index (χ4v) is 4.95. The quantitative estimate of drug-likeness (QED) is 0.313. The summed E-state index contributed by atoms with van der Waals surface area (Å²) in [5.41, 5.74) is 0.516. The van der Waals surface area contributed by atoms with Crippen molar-refractivity contribution in [2.45, 2.75) is 34.6 Å². The lowest BCUT2D eigenvalue weighted by molar-refractivity contribution is 0.0330. The van der Waals surface area contributed by atoms with Crippen LogP contribution in [0, 0.1) is 18.3 Å². The van der Waals surface area contributed by atoms with Crippen LogP contribution in [0.15, 0.2) is 99.6 Å². The van der Waals surface area contributed by atoms with Crippen molar-refractivity contribution in [3.8, 4) is 12.3 Å². The molecule has 0 N–H and O–H groups in total. The highest BCUT2D eigenvalue weighted by atomic mass is 32.2. The zero-order valence-electron chi connectivity index (χ0n) is 16.0. The zero-order valence-corrected chi connectivity index (χ0v) is 16.9. The summed E-state index contributed by atoms with van der Waals surface area (Å²) in [6.45, 7) is 3.88. The van der Waals surface area contributed by atoms with Gasteiger partial charge in [-0.1, -0.05) is 62.2 Å². The van der Waals surface area contributed by atoms with Crippen LogP contribution >= 0.6 is 0 Å². The van der Waals surface area contributed by atoms with Crippen molar-refractivity contribution in [2.75, 3.05) is 0 Å². The molecular weight excluding hydrogens is 364 g/mol. The first-order valence-electron chi connectivity index (χ1n) is 9.21. The third kappa shape index (κ3) is 4.65. The second kappa shape index (κ2) is 9.30. The number of terminal acetylenes is 1. The Morgan fingerprint density at radius 1 is 0.857 bits per heavy atom. The molecule has 2 nitrogen and oxygen atoms in total. The third-order valence-electron chi connectivity index (χ3n) is 4.27. The van der Waals surface area contributed by atoms with E-state index in [1.165, 1.54) is 9.79 Å². The largest absolute Gasteiger partial charge is 0.445 e. The van der Waals surface area contributed by atoms with Crippen LogP contribution in [0.4, 0.5) is 0 Å². The average molecular weight is 388 g/mol. The molecule has 3 aromatic rings. The standard InChI is InChI=1S/C25H23O2S/c1-4-24(19(2)3)27-25(26)20-12-11-17-23(18-20)28(21-13-7-5-8-14-21)22-15-9-6-10-16-22/h1,5-19,24H,2-3H3/q+1. The van der Waals surface area contributed by atoms with E-state index >= 15 is 0 Å². The summed E-state index contributed by atoms with van der Waals surface area (Å²) in [6.07, 6.45) is 4.97. The van der Waals surface area contributed by atoms with E-state index in [0.29, 0.717) is 5.56 Å². The maximum Gasteiger partial charge on any atom is 0.339 e. The van der Waals surface area contributed by atoms with Crippen LogP contribution in [0.1, 0.15) is 24.2 Å². The zero-order chi connectivity index (χ0) is 19.9. The molecule has 0 radical (unpaired) electrons. The van der Waals surface area contributed by atoms with Gasteiger partial charge in [0.05, 0.1) is 16.5 Å². The van der Waals surface area contributed by atoms with Gasteiger partial charge in [0.25, 0.3) is 0 Å². The van der Waals surface area contributed by atoms with Gasteiger partial charge in [0.15, 0.2) is 20.8 Å². The monoisotopic (exact) mass is 387 g/mol. The van der Waals surface area contributed by atoms with Crippen molar-refractivity contribution in [1.82, 2.24) is 0 Å². The Morgan fingerprint density at radius 3 is 1.89 bits per heavy atom. The third-order valence-corrected chi connectivity index (χ3v) is 6.48. The predicted molar refractivity (Wildman–Crippen MR) is 114 cm³/mol. The summed E-state index contributed by atoms with van der Waals surface area (Å²) in [7, 11) is -0.313. The lowest BCUT2D eigenvalue weighted by atomic mass is 10.1. The molecule has 140 valence electrons. The van der Waals surface area contributed by atoms with Crippen molar-refractivity contribution in [1.29, 1.82) is 0 Å². The van der Waals surface area contributed by atoms with E-state index in [4.69, 9.17) is 11.2 Å². The first-order valence-corrected chi connectivity index (χ1v) is 10.4. The molecule has 1 atom stereocenters. The lowest BCUT2D eigenvalue weighted by Gasteiger charge is -2.16. The normalized spacial score (nSPS) is 11.8. The van der Waals surface area contributed by atoms with E-state index in [0.717, 1.165) is 4.90 Å². The fourth-order valence-electron chi connectivity index (χ4n) is 2.82. The number of hydrogen-bond acceptors (Lipinski definition) is 2. The summed E-state index contributed by atoms with van der Waals surface area (Å²) in [4.78, 5) is 16.1. The molecule has 0 saturated heterocycles. The second-order valence-electron chi connectivity index (χ2n) is 6.70. The van der Waals surface area contributed by atoms with Crippen LogP contribution in [-0.4, -0.2) is 12.1 Å². The highest BCUT2D eigenvalue weighted by Gasteiger charge is 2.29. The Hall–Kier alpha value is -2.96. The summed E-state index contributed by atoms with van der Waals surface area (Å²) >= 11 is 0. The van der Waals surface area contributed by atoms with Crippen LogP contribution in [0.25, 0.3) is 0 Å². The second-order valence-corrected chi connectivity index (χ2v) is 8.72. The number of carbonyl (C=O) groups is 1. The first-order chi connectivity index (χ1) is 13.6. The van der Waals surface area contributed by atoms with Gasteiger partial charge in [-0.2, -0.15) is 0 Å². The number of rotatable bonds is 6. The van der Waals surface area contributed by atoms with Crippen molar-refractivity contribution >= 4 is 16.9 Å². The molecule has 3 rings (SSSR count). The van der Waals surface area contributed by atoms with Gasteiger partial charge in [0.2, 0.25) is 0 Å². The van der Waals surface area contributed by atoms with Crippen molar-refractivity contribution in [3.05, 3.63) is 90.5 Å². The molecular formula is C25H23O2S+. The van der Waals surface area contributed by atoms with E-state index in [9.17, 15) is 4.79 Å². The number of esters is 1. The maximum absolute atomic E-state index is 12.7. The van der Waals surface area contributed by atoms with Crippen molar-refractivity contribution in [2.24, 2.45) is 5.92 Å². The summed E-state index contributed by atoms with van der Waals surface area (Å²) in [5.74, 6) is 2.23. The molecule has 0 saturated carbocycles. The number of hydrogen-bond donors (Lipinski definition) is 0. The molecule has 28 heavy (non-hydrogen) atoms. The number of carbonyl (C=O) groups excluding carboxylic acids is 1. The summed E-state index contributed by atoms with van der Waals surface area (Å²) < 4.78 is 5.52. The SMILES string of the molecule is C#CC(OC(=O)c1cccc([S+](c2ccccc2)c2ccccc2)c1)C(C)C. The lowest BCUT2D eigenvalue weighted by Crippen LogP contribution is -2.22. The Balaban J connectivity index is 1.98. The molecule has 0 bridgehead atoms. The van der Waals surface area contributed by atoms with E-state index in [-0.39, 0.29) is 22.8 Å². The number of ether oxygens (including phenoxy) is 1. The minimum Gasteiger partial charge on any atom is -0.445 e. The predicted octanol–water partition coefficient (Wildman–Crippen LogP) is 5.60. The minimum absolute atomic E-state index is 0.0698. The van der Waals surface area contributed by atoms with Crippen molar-refractivity contribution in [3.63, 3.8) is 0 Å². The molecule has 0 fully saturated rings. The van der Waals surface area contributed by atoms with Gasteiger partial charge in [-0.15, -0.1) is 6.42 Å². The highest BCUT2D eigenvalue weighted by molar-refractivity contribution is 7.97. The molecule has 0 aromatic heterocycles. The van der Waals surface area contributed by atoms with Gasteiger partial charge < -0.3 is 4.74 Å². The van der Waals surface area contributed by atoms with Crippen LogP contribution in [0.5, 0.6) is 0 Å². The van der Waals surface area contributed by atoms with E-state index < -0.39 is 6.10 Å². The van der Waals surface area contributed by atoms with Gasteiger partial charge in [-0.3, -0.25) is 0 Å². The van der Waals surface area contributed by atoms with Crippen molar-refractivity contribution < 1.29 is 9.53 Å². The van der Waals surface area contributed by atoms with Crippen LogP contribution in [0.3, 0.4) is 0 Å². The van der Waals surface area contributed by atoms with Gasteiger partial charge in [-0.05, 0) is 36.4 Å². The Morgan fingerprint density at radius 2 is 1.39 bits per heavy atom. The number of benzene rings is 3. The Labute approximate surface area is 169 Å². The van der Waals surface area contributed by atoms with Gasteiger partial charge in [-0.25, -0.2) is 4.79 Å². The fraction of sp³-hybridized carbons (Fsp3) is 0.160. The van der Waals surface area contributed by atoms with Gasteiger partial charge >= 0.3 is 5.97 Å². The molecule has 3 aromatic carbocycles. The van der Waals surface area contributed by atoms with E-state index in [1.54, 1.807) is 6.07 Å². The Bertz CT molecular complexity index is 919. The van der Waals surface area contributed by atoms with Crippen LogP contribution in [-0.2, 0) is 15.6 Å². The topological polar surface area (TPSA) is 26.3 Å². The molecule has 3 heteroatoms. The first kappa shape index (κ1) is 19.8. The van der Waals surface area contributed by atoms with E-state index in [2.05, 4.69) is 36.3 Å². The molecule has 0 aliphatic carbocycles. The van der Waals surface area contributed by atoms with E-state index in [1.807, 2.05) is 62.4 Å². The molecule has 0 amide bonds. The highest BCUT2D eigenvalue weighted by Crippen LogP contribution is 2.31. The molecule has 0 aliphatic rings. The molecule has 1 unspecified atom stereocenters. The van der Waals surface area contributed by atoms with Gasteiger partial charge in [0.1, 0.15) is 0 Å². The molecule has 0 aliphatic heterocycles. The average Bonchev–Trinajstić information content (AvgIpc) is 2.73. The van der Waals surface area contributed by atoms with Gasteiger partial charge in [0, 0.05) is 12.0 Å². The summed E-state index contributed by atoms with van der Waals surface area (Å²) in [5, 5.41) is 0. The summed E-state index contributed by atoms with van der Waals surface area (Å²) in [6, 6.07) is 28.3. The minimum atomic E-state index is -0.530. The maximum atomic E-state index is 12.7.